The van der Waals surface area contributed by atoms with E-state index >= 15 is 0 Å². The predicted octanol–water partition coefficient (Wildman–Crippen LogP) is 5.59. The van der Waals surface area contributed by atoms with Gasteiger partial charge in [-0.25, -0.2) is 4.98 Å². The third kappa shape index (κ3) is 6.55. The first-order valence-electron chi connectivity index (χ1n) is 11.0. The Bertz CT molecular complexity index is 1030. The van der Waals surface area contributed by atoms with Crippen LogP contribution in [0.1, 0.15) is 23.1 Å². The van der Waals surface area contributed by atoms with E-state index in [2.05, 4.69) is 4.98 Å². The molecule has 9 heteroatoms. The molecule has 2 aromatic carbocycles. The fourth-order valence-electron chi connectivity index (χ4n) is 3.88. The number of hydrogen-bond donors (Lipinski definition) is 0. The van der Waals surface area contributed by atoms with Crippen molar-refractivity contribution in [2.24, 2.45) is 0 Å². The summed E-state index contributed by atoms with van der Waals surface area (Å²) in [6.07, 6.45) is 2.40. The van der Waals surface area contributed by atoms with Crippen molar-refractivity contribution in [2.45, 2.75) is 43.2 Å². The lowest BCUT2D eigenvalue weighted by atomic mass is 10.0. The molecule has 0 aliphatic carbocycles. The average molecular weight is 493 g/mol. The minimum Gasteiger partial charge on any atom is -0.497 e. The Hall–Kier alpha value is -2.49. The minimum absolute atomic E-state index is 0.0983. The Morgan fingerprint density at radius 1 is 1.12 bits per heavy atom. The zero-order chi connectivity index (χ0) is 24.0. The smallest absolute Gasteiger partial charge is 0.416 e. The number of rotatable bonds is 10. The van der Waals surface area contributed by atoms with Crippen LogP contribution in [-0.2, 0) is 34.4 Å². The van der Waals surface area contributed by atoms with E-state index in [0.29, 0.717) is 31.1 Å². The third-order valence-corrected chi connectivity index (χ3v) is 6.85. The van der Waals surface area contributed by atoms with E-state index in [4.69, 9.17) is 14.2 Å². The number of alkyl halides is 3. The van der Waals surface area contributed by atoms with Gasteiger partial charge < -0.3 is 18.8 Å². The number of aryl methyl sites for hydroxylation is 1. The van der Waals surface area contributed by atoms with Crippen LogP contribution in [0.15, 0.2) is 67.3 Å². The lowest BCUT2D eigenvalue weighted by Gasteiger charge is -2.28. The summed E-state index contributed by atoms with van der Waals surface area (Å²) in [5.74, 6) is 1.35. The van der Waals surface area contributed by atoms with Crippen molar-refractivity contribution in [2.75, 3.05) is 19.5 Å². The van der Waals surface area contributed by atoms with E-state index < -0.39 is 17.5 Å². The number of benzene rings is 2. The summed E-state index contributed by atoms with van der Waals surface area (Å²) in [4.78, 5) is 4.12. The molecule has 3 aromatic rings. The van der Waals surface area contributed by atoms with Gasteiger partial charge in [-0.3, -0.25) is 0 Å². The number of hydrogen-bond acceptors (Lipinski definition) is 5. The molecule has 1 aromatic heterocycles. The molecule has 2 unspecified atom stereocenters. The maximum absolute atomic E-state index is 12.7. The summed E-state index contributed by atoms with van der Waals surface area (Å²) in [5.41, 5.74) is 1.38. The van der Waals surface area contributed by atoms with Gasteiger partial charge in [-0.2, -0.15) is 24.9 Å². The molecule has 0 spiro atoms. The number of methoxy groups -OCH3 is 1. The highest BCUT2D eigenvalue weighted by atomic mass is 32.2. The molecule has 2 heterocycles. The SMILES string of the molecule is COc1ccc(CCC2(Cn3ccnc3)OCC(CSCc3ccc(C(F)(F)F)cc3)O2)cc1. The molecular weight excluding hydrogens is 465 g/mol. The zero-order valence-corrected chi connectivity index (χ0v) is 19.6. The summed E-state index contributed by atoms with van der Waals surface area (Å²) in [7, 11) is 1.64. The van der Waals surface area contributed by atoms with Crippen LogP contribution in [0.4, 0.5) is 13.2 Å². The summed E-state index contributed by atoms with van der Waals surface area (Å²) < 4.78 is 58.0. The van der Waals surface area contributed by atoms with E-state index in [9.17, 15) is 13.2 Å². The maximum Gasteiger partial charge on any atom is 0.416 e. The maximum atomic E-state index is 12.7. The average Bonchev–Trinajstić information content (AvgIpc) is 3.48. The van der Waals surface area contributed by atoms with Gasteiger partial charge in [0.15, 0.2) is 5.79 Å². The molecule has 4 rings (SSSR count). The summed E-state index contributed by atoms with van der Waals surface area (Å²) in [5, 5.41) is 0. The van der Waals surface area contributed by atoms with E-state index in [1.807, 2.05) is 35.0 Å². The van der Waals surface area contributed by atoms with E-state index in [-0.39, 0.29) is 6.10 Å². The lowest BCUT2D eigenvalue weighted by Crippen LogP contribution is -2.37. The highest BCUT2D eigenvalue weighted by molar-refractivity contribution is 7.98. The molecule has 1 fully saturated rings. The largest absolute Gasteiger partial charge is 0.497 e. The van der Waals surface area contributed by atoms with Gasteiger partial charge in [0.2, 0.25) is 0 Å². The molecule has 0 radical (unpaired) electrons. The van der Waals surface area contributed by atoms with Gasteiger partial charge in [-0.1, -0.05) is 24.3 Å². The Kier molecular flexibility index (Phi) is 7.85. The third-order valence-electron chi connectivity index (χ3n) is 5.70. The van der Waals surface area contributed by atoms with Crippen molar-refractivity contribution in [1.29, 1.82) is 0 Å². The highest BCUT2D eigenvalue weighted by Crippen LogP contribution is 2.33. The fourth-order valence-corrected chi connectivity index (χ4v) is 4.85. The normalized spacial score (nSPS) is 20.5. The quantitative estimate of drug-likeness (QED) is 0.369. The van der Waals surface area contributed by atoms with Crippen LogP contribution in [0.5, 0.6) is 5.75 Å². The molecular formula is C25H27F3N2O3S. The van der Waals surface area contributed by atoms with Crippen LogP contribution in [0.2, 0.25) is 0 Å². The molecule has 0 saturated carbocycles. The van der Waals surface area contributed by atoms with Crippen LogP contribution < -0.4 is 4.74 Å². The summed E-state index contributed by atoms with van der Waals surface area (Å²) >= 11 is 1.62. The second-order valence-electron chi connectivity index (χ2n) is 8.25. The summed E-state index contributed by atoms with van der Waals surface area (Å²) in [6.45, 7) is 1.00. The van der Waals surface area contributed by atoms with Crippen molar-refractivity contribution in [1.82, 2.24) is 9.55 Å². The zero-order valence-electron chi connectivity index (χ0n) is 18.8. The molecule has 0 bridgehead atoms. The topological polar surface area (TPSA) is 45.5 Å². The van der Waals surface area contributed by atoms with Crippen molar-refractivity contribution in [3.8, 4) is 5.75 Å². The van der Waals surface area contributed by atoms with Gasteiger partial charge in [0.25, 0.3) is 0 Å². The molecule has 182 valence electrons. The number of aromatic nitrogens is 2. The second kappa shape index (κ2) is 10.8. The predicted molar refractivity (Wildman–Crippen MR) is 125 cm³/mol. The number of nitrogens with zero attached hydrogens (tertiary/aromatic N) is 2. The van der Waals surface area contributed by atoms with Gasteiger partial charge in [-0.05, 0) is 41.8 Å². The van der Waals surface area contributed by atoms with Crippen LogP contribution in [0.25, 0.3) is 0 Å². The van der Waals surface area contributed by atoms with Crippen LogP contribution >= 0.6 is 11.8 Å². The Balaban J connectivity index is 1.33. The number of halogens is 3. The molecule has 1 saturated heterocycles. The first kappa shape index (κ1) is 24.6. The monoisotopic (exact) mass is 492 g/mol. The van der Waals surface area contributed by atoms with E-state index in [0.717, 1.165) is 35.4 Å². The fraction of sp³-hybridized carbons (Fsp3) is 0.400. The molecule has 2 atom stereocenters. The van der Waals surface area contributed by atoms with Crippen LogP contribution in [-0.4, -0.2) is 40.9 Å². The molecule has 5 nitrogen and oxygen atoms in total. The Morgan fingerprint density at radius 3 is 2.50 bits per heavy atom. The van der Waals surface area contributed by atoms with E-state index in [1.54, 1.807) is 31.4 Å². The van der Waals surface area contributed by atoms with Gasteiger partial charge in [0.05, 0.1) is 38.3 Å². The van der Waals surface area contributed by atoms with Gasteiger partial charge in [0, 0.05) is 30.3 Å². The highest BCUT2D eigenvalue weighted by Gasteiger charge is 2.41. The molecule has 1 aliphatic rings. The van der Waals surface area contributed by atoms with Gasteiger partial charge in [-0.15, -0.1) is 0 Å². The van der Waals surface area contributed by atoms with Crippen LogP contribution in [0, 0.1) is 0 Å². The van der Waals surface area contributed by atoms with Crippen molar-refractivity contribution in [3.63, 3.8) is 0 Å². The number of imidazole rings is 1. The van der Waals surface area contributed by atoms with Crippen molar-refractivity contribution in [3.05, 3.63) is 83.9 Å². The van der Waals surface area contributed by atoms with Crippen molar-refractivity contribution < 1.29 is 27.4 Å². The Morgan fingerprint density at radius 2 is 1.85 bits per heavy atom. The van der Waals surface area contributed by atoms with Crippen molar-refractivity contribution >= 4 is 11.8 Å². The number of thioether (sulfide) groups is 1. The van der Waals surface area contributed by atoms with E-state index in [1.165, 1.54) is 12.1 Å². The second-order valence-corrected chi connectivity index (χ2v) is 9.28. The Labute approximate surface area is 201 Å². The standard InChI is InChI=1S/C25H27F3N2O3S/c1-31-22-8-4-19(5-9-22)10-11-24(17-30-13-12-29-18-30)32-14-23(33-24)16-34-15-20-2-6-21(7-3-20)25(26,27)28/h2-9,12-13,18,23H,10-11,14-17H2,1H3. The van der Waals surface area contributed by atoms with Gasteiger partial charge in [0.1, 0.15) is 5.75 Å². The minimum atomic E-state index is -4.31. The first-order chi connectivity index (χ1) is 16.4. The molecule has 1 aliphatic heterocycles. The lowest BCUT2D eigenvalue weighted by molar-refractivity contribution is -0.180. The number of ether oxygens (including phenoxy) is 3. The molecule has 0 N–H and O–H groups in total. The summed E-state index contributed by atoms with van der Waals surface area (Å²) in [6, 6.07) is 13.3. The molecule has 34 heavy (non-hydrogen) atoms. The first-order valence-corrected chi connectivity index (χ1v) is 12.1. The van der Waals surface area contributed by atoms with Crippen LogP contribution in [0.3, 0.4) is 0 Å². The molecule has 0 amide bonds. The van der Waals surface area contributed by atoms with Gasteiger partial charge >= 0.3 is 6.18 Å².